The third-order valence-corrected chi connectivity index (χ3v) is 5.96. The molecule has 0 radical (unpaired) electrons. The normalized spacial score (nSPS) is 15.0. The van der Waals surface area contributed by atoms with Crippen LogP contribution in [0, 0.1) is 11.7 Å². The molecule has 1 aromatic heterocycles. The lowest BCUT2D eigenvalue weighted by Gasteiger charge is -2.39. The SMILES string of the molecule is C=CCNC(=O)c1ccc(COc2ccc3c(c2)C(c2cccc(F)c2)N(C(=O)C(C)C)CC3)o1. The van der Waals surface area contributed by atoms with Crippen LogP contribution in [0.1, 0.15) is 52.9 Å². The van der Waals surface area contributed by atoms with E-state index in [1.54, 1.807) is 24.3 Å². The largest absolute Gasteiger partial charge is 0.486 e. The van der Waals surface area contributed by atoms with Crippen molar-refractivity contribution in [2.45, 2.75) is 32.9 Å². The number of hydrogen-bond acceptors (Lipinski definition) is 4. The van der Waals surface area contributed by atoms with Gasteiger partial charge in [0.2, 0.25) is 5.91 Å². The Labute approximate surface area is 204 Å². The lowest BCUT2D eigenvalue weighted by atomic mass is 9.87. The Bertz CT molecular complexity index is 1230. The predicted molar refractivity (Wildman–Crippen MR) is 131 cm³/mol. The van der Waals surface area contributed by atoms with Crippen LogP contribution >= 0.6 is 0 Å². The minimum Gasteiger partial charge on any atom is -0.486 e. The van der Waals surface area contributed by atoms with Crippen molar-refractivity contribution in [1.82, 2.24) is 10.2 Å². The Kier molecular flexibility index (Phi) is 7.34. The van der Waals surface area contributed by atoms with Crippen molar-refractivity contribution in [3.8, 4) is 5.75 Å². The Balaban J connectivity index is 1.58. The number of ether oxygens (including phenoxy) is 1. The molecule has 0 fully saturated rings. The highest BCUT2D eigenvalue weighted by atomic mass is 19.1. The van der Waals surface area contributed by atoms with Crippen molar-refractivity contribution >= 4 is 11.8 Å². The lowest BCUT2D eigenvalue weighted by Crippen LogP contribution is -2.42. The van der Waals surface area contributed by atoms with Gasteiger partial charge in [0.25, 0.3) is 5.91 Å². The standard InChI is InChI=1S/C28H29FN2O4/c1-4-13-30-27(32)25-11-10-23(35-25)17-34-22-9-8-19-12-14-31(28(33)18(2)3)26(24(19)16-22)20-6-5-7-21(29)15-20/h4-11,15-16,18,26H,1,12-14,17H2,2-3H3,(H,30,32). The Hall–Kier alpha value is -3.87. The first kappa shape index (κ1) is 24.3. The second-order valence-electron chi connectivity index (χ2n) is 8.81. The molecule has 1 unspecified atom stereocenters. The molecule has 6 nitrogen and oxygen atoms in total. The molecule has 2 amide bonds. The number of nitrogens with one attached hydrogen (secondary N) is 1. The van der Waals surface area contributed by atoms with Gasteiger partial charge in [0.15, 0.2) is 5.76 Å². The van der Waals surface area contributed by atoms with E-state index in [1.165, 1.54) is 12.1 Å². The van der Waals surface area contributed by atoms with E-state index in [0.717, 1.165) is 16.7 Å². The summed E-state index contributed by atoms with van der Waals surface area (Å²) in [5, 5.41) is 2.66. The van der Waals surface area contributed by atoms with E-state index in [9.17, 15) is 14.0 Å². The average Bonchev–Trinajstić information content (AvgIpc) is 3.34. The van der Waals surface area contributed by atoms with E-state index in [4.69, 9.17) is 9.15 Å². The van der Waals surface area contributed by atoms with Gasteiger partial charge in [0.05, 0.1) is 6.04 Å². The van der Waals surface area contributed by atoms with E-state index >= 15 is 0 Å². The first-order valence-corrected chi connectivity index (χ1v) is 11.7. The molecule has 1 aliphatic rings. The zero-order valence-corrected chi connectivity index (χ0v) is 19.9. The average molecular weight is 477 g/mol. The topological polar surface area (TPSA) is 71.8 Å². The van der Waals surface area contributed by atoms with Crippen LogP contribution in [-0.2, 0) is 17.8 Å². The number of rotatable bonds is 8. The number of halogens is 1. The summed E-state index contributed by atoms with van der Waals surface area (Å²) in [6.45, 7) is 8.36. The molecular weight excluding hydrogens is 447 g/mol. The number of carbonyl (C=O) groups is 2. The van der Waals surface area contributed by atoms with Gasteiger partial charge in [-0.3, -0.25) is 9.59 Å². The number of hydrogen-bond donors (Lipinski definition) is 1. The highest BCUT2D eigenvalue weighted by molar-refractivity contribution is 5.91. The summed E-state index contributed by atoms with van der Waals surface area (Å²) < 4.78 is 25.7. The van der Waals surface area contributed by atoms with E-state index in [2.05, 4.69) is 11.9 Å². The van der Waals surface area contributed by atoms with Crippen LogP contribution < -0.4 is 10.1 Å². The molecule has 1 atom stereocenters. The quantitative estimate of drug-likeness (QED) is 0.462. The first-order valence-electron chi connectivity index (χ1n) is 11.7. The molecule has 2 aromatic carbocycles. The third kappa shape index (κ3) is 5.45. The minimum absolute atomic E-state index is 0.0223. The van der Waals surface area contributed by atoms with Gasteiger partial charge >= 0.3 is 0 Å². The lowest BCUT2D eigenvalue weighted by molar-refractivity contribution is -0.136. The predicted octanol–water partition coefficient (Wildman–Crippen LogP) is 5.04. The number of carbonyl (C=O) groups excluding carboxylic acids is 2. The van der Waals surface area contributed by atoms with E-state index in [1.807, 2.05) is 43.0 Å². The molecule has 35 heavy (non-hydrogen) atoms. The third-order valence-electron chi connectivity index (χ3n) is 5.96. The molecule has 182 valence electrons. The second kappa shape index (κ2) is 10.6. The summed E-state index contributed by atoms with van der Waals surface area (Å²) >= 11 is 0. The van der Waals surface area contributed by atoms with Crippen molar-refractivity contribution in [1.29, 1.82) is 0 Å². The molecule has 1 N–H and O–H groups in total. The van der Waals surface area contributed by atoms with Gasteiger partial charge < -0.3 is 19.4 Å². The number of benzene rings is 2. The number of furan rings is 1. The van der Waals surface area contributed by atoms with E-state index in [0.29, 0.717) is 31.0 Å². The number of amides is 2. The van der Waals surface area contributed by atoms with Crippen LogP contribution in [0.3, 0.4) is 0 Å². The Morgan fingerprint density at radius 2 is 2.06 bits per heavy atom. The van der Waals surface area contributed by atoms with Crippen molar-refractivity contribution in [3.05, 3.63) is 101 Å². The maximum atomic E-state index is 14.1. The minimum atomic E-state index is -0.406. The van der Waals surface area contributed by atoms with Crippen LogP contribution in [0.2, 0.25) is 0 Å². The molecule has 0 spiro atoms. The molecule has 0 bridgehead atoms. The smallest absolute Gasteiger partial charge is 0.287 e. The van der Waals surface area contributed by atoms with Gasteiger partial charge in [-0.25, -0.2) is 4.39 Å². The molecule has 3 aromatic rings. The van der Waals surface area contributed by atoms with E-state index in [-0.39, 0.29) is 35.9 Å². The first-order chi connectivity index (χ1) is 16.9. The molecule has 0 aliphatic carbocycles. The van der Waals surface area contributed by atoms with Gasteiger partial charge in [-0.1, -0.05) is 38.1 Å². The van der Waals surface area contributed by atoms with Gasteiger partial charge in [-0.15, -0.1) is 6.58 Å². The summed E-state index contributed by atoms with van der Waals surface area (Å²) in [7, 11) is 0. The fourth-order valence-electron chi connectivity index (χ4n) is 4.27. The highest BCUT2D eigenvalue weighted by Crippen LogP contribution is 2.38. The van der Waals surface area contributed by atoms with Crippen molar-refractivity contribution in [2.75, 3.05) is 13.1 Å². The Morgan fingerprint density at radius 3 is 2.80 bits per heavy atom. The Morgan fingerprint density at radius 1 is 1.23 bits per heavy atom. The van der Waals surface area contributed by atoms with Crippen molar-refractivity contribution in [3.63, 3.8) is 0 Å². The van der Waals surface area contributed by atoms with Crippen LogP contribution in [-0.4, -0.2) is 29.8 Å². The van der Waals surface area contributed by atoms with E-state index < -0.39 is 6.04 Å². The van der Waals surface area contributed by atoms with Gasteiger partial charge in [0.1, 0.15) is 23.9 Å². The maximum absolute atomic E-state index is 14.1. The number of nitrogens with zero attached hydrogens (tertiary/aromatic N) is 1. The fraction of sp³-hybridized carbons (Fsp3) is 0.286. The molecule has 1 aliphatic heterocycles. The van der Waals surface area contributed by atoms with Crippen molar-refractivity contribution < 1.29 is 23.1 Å². The second-order valence-corrected chi connectivity index (χ2v) is 8.81. The maximum Gasteiger partial charge on any atom is 0.287 e. The molecule has 4 rings (SSSR count). The molecule has 2 heterocycles. The summed E-state index contributed by atoms with van der Waals surface area (Å²) in [6.07, 6.45) is 2.30. The van der Waals surface area contributed by atoms with Crippen LogP contribution in [0.5, 0.6) is 5.75 Å². The summed E-state index contributed by atoms with van der Waals surface area (Å²) in [5.41, 5.74) is 2.73. The van der Waals surface area contributed by atoms with Crippen LogP contribution in [0.25, 0.3) is 0 Å². The summed E-state index contributed by atoms with van der Waals surface area (Å²) in [4.78, 5) is 26.9. The summed E-state index contributed by atoms with van der Waals surface area (Å²) in [6, 6.07) is 15.1. The zero-order valence-electron chi connectivity index (χ0n) is 19.9. The molecule has 7 heteroatoms. The van der Waals surface area contributed by atoms with Gasteiger partial charge in [-0.05, 0) is 59.5 Å². The molecule has 0 saturated carbocycles. The van der Waals surface area contributed by atoms with Crippen LogP contribution in [0.15, 0.2) is 71.7 Å². The zero-order chi connectivity index (χ0) is 24.9. The number of fused-ring (bicyclic) bond motifs is 1. The molecule has 0 saturated heterocycles. The van der Waals surface area contributed by atoms with Crippen molar-refractivity contribution in [2.24, 2.45) is 5.92 Å². The highest BCUT2D eigenvalue weighted by Gasteiger charge is 2.33. The fourth-order valence-corrected chi connectivity index (χ4v) is 4.27. The monoisotopic (exact) mass is 476 g/mol. The molecular formula is C28H29FN2O4. The van der Waals surface area contributed by atoms with Gasteiger partial charge in [0, 0.05) is 19.0 Å². The summed E-state index contributed by atoms with van der Waals surface area (Å²) in [5.74, 6) is 0.480. The van der Waals surface area contributed by atoms with Gasteiger partial charge in [-0.2, -0.15) is 0 Å². The van der Waals surface area contributed by atoms with Crippen LogP contribution in [0.4, 0.5) is 4.39 Å².